The van der Waals surface area contributed by atoms with Crippen LogP contribution in [0, 0.1) is 0 Å². The van der Waals surface area contributed by atoms with Crippen molar-refractivity contribution in [2.75, 3.05) is 0 Å². The maximum atomic E-state index is 12.1. The van der Waals surface area contributed by atoms with E-state index in [4.69, 9.17) is 11.6 Å². The Hall–Kier alpha value is -1.61. The standard InChI is InChI=1S/C13H10BrClN2O4S/c14-9-4-5-12(11(15)7-9)22(20,21)17-16-13(19)8-2-1-3-10(18)6-8/h1-7,17-18H,(H,16,19). The van der Waals surface area contributed by atoms with Gasteiger partial charge in [0.05, 0.1) is 5.02 Å². The van der Waals surface area contributed by atoms with Crippen LogP contribution in [0.5, 0.6) is 5.75 Å². The van der Waals surface area contributed by atoms with Crippen molar-refractivity contribution in [3.8, 4) is 5.75 Å². The smallest absolute Gasteiger partial charge is 0.266 e. The lowest BCUT2D eigenvalue weighted by Crippen LogP contribution is -2.41. The zero-order valence-electron chi connectivity index (χ0n) is 10.9. The SMILES string of the molecule is O=C(NNS(=O)(=O)c1ccc(Br)cc1Cl)c1cccc(O)c1. The highest BCUT2D eigenvalue weighted by Crippen LogP contribution is 2.24. The summed E-state index contributed by atoms with van der Waals surface area (Å²) in [7, 11) is -4.02. The summed E-state index contributed by atoms with van der Waals surface area (Å²) in [5, 5.41) is 9.30. The molecular formula is C13H10BrClN2O4S. The quantitative estimate of drug-likeness (QED) is 0.681. The highest BCUT2D eigenvalue weighted by atomic mass is 79.9. The molecule has 0 heterocycles. The number of amides is 1. The van der Waals surface area contributed by atoms with Gasteiger partial charge in [-0.3, -0.25) is 10.2 Å². The molecule has 0 bridgehead atoms. The van der Waals surface area contributed by atoms with Gasteiger partial charge in [-0.2, -0.15) is 0 Å². The van der Waals surface area contributed by atoms with E-state index in [1.807, 2.05) is 10.3 Å². The molecule has 6 nitrogen and oxygen atoms in total. The van der Waals surface area contributed by atoms with E-state index in [9.17, 15) is 18.3 Å². The van der Waals surface area contributed by atoms with Gasteiger partial charge in [0.25, 0.3) is 15.9 Å². The first kappa shape index (κ1) is 16.8. The van der Waals surface area contributed by atoms with Crippen LogP contribution >= 0.6 is 27.5 Å². The summed E-state index contributed by atoms with van der Waals surface area (Å²) >= 11 is 9.04. The van der Waals surface area contributed by atoms with E-state index in [0.29, 0.717) is 4.47 Å². The first-order valence-electron chi connectivity index (χ1n) is 5.86. The molecule has 0 unspecified atom stereocenters. The number of hydrogen-bond acceptors (Lipinski definition) is 4. The minimum absolute atomic E-state index is 0.00785. The van der Waals surface area contributed by atoms with E-state index in [1.165, 1.54) is 42.5 Å². The molecule has 0 aromatic heterocycles. The number of hydrazine groups is 1. The van der Waals surface area contributed by atoms with Crippen LogP contribution in [-0.2, 0) is 10.0 Å². The Bertz CT molecular complexity index is 827. The summed E-state index contributed by atoms with van der Waals surface area (Å²) in [4.78, 5) is 13.6. The summed E-state index contributed by atoms with van der Waals surface area (Å²) in [6, 6.07) is 9.72. The third kappa shape index (κ3) is 3.98. The van der Waals surface area contributed by atoms with Gasteiger partial charge in [-0.25, -0.2) is 8.42 Å². The molecule has 0 aliphatic rings. The molecule has 9 heteroatoms. The predicted octanol–water partition coefficient (Wildman–Crippen LogP) is 2.43. The zero-order valence-corrected chi connectivity index (χ0v) is 14.0. The van der Waals surface area contributed by atoms with Crippen molar-refractivity contribution in [1.82, 2.24) is 10.3 Å². The van der Waals surface area contributed by atoms with Gasteiger partial charge >= 0.3 is 0 Å². The maximum absolute atomic E-state index is 12.1. The van der Waals surface area contributed by atoms with Crippen LogP contribution in [0.15, 0.2) is 51.8 Å². The molecule has 0 aliphatic carbocycles. The highest BCUT2D eigenvalue weighted by molar-refractivity contribution is 9.10. The van der Waals surface area contributed by atoms with Gasteiger partial charge in [0.2, 0.25) is 0 Å². The number of sulfonamides is 1. The maximum Gasteiger partial charge on any atom is 0.266 e. The second-order valence-electron chi connectivity index (χ2n) is 4.18. The number of aromatic hydroxyl groups is 1. The van der Waals surface area contributed by atoms with Crippen molar-refractivity contribution in [3.63, 3.8) is 0 Å². The molecule has 0 fully saturated rings. The van der Waals surface area contributed by atoms with Crippen LogP contribution in [0.25, 0.3) is 0 Å². The van der Waals surface area contributed by atoms with Crippen molar-refractivity contribution in [2.24, 2.45) is 0 Å². The number of halogens is 2. The topological polar surface area (TPSA) is 95.5 Å². The molecule has 22 heavy (non-hydrogen) atoms. The van der Waals surface area contributed by atoms with E-state index in [0.717, 1.165) is 0 Å². The molecule has 0 saturated carbocycles. The largest absolute Gasteiger partial charge is 0.508 e. The summed E-state index contributed by atoms with van der Waals surface area (Å²) in [6.45, 7) is 0. The summed E-state index contributed by atoms with van der Waals surface area (Å²) in [5.41, 5.74) is 2.15. The molecule has 116 valence electrons. The first-order valence-corrected chi connectivity index (χ1v) is 8.51. The number of benzene rings is 2. The van der Waals surface area contributed by atoms with E-state index in [-0.39, 0.29) is 21.2 Å². The highest BCUT2D eigenvalue weighted by Gasteiger charge is 2.19. The molecule has 0 saturated heterocycles. The fraction of sp³-hybridized carbons (Fsp3) is 0. The molecule has 0 radical (unpaired) electrons. The van der Waals surface area contributed by atoms with Crippen molar-refractivity contribution in [2.45, 2.75) is 4.90 Å². The fourth-order valence-electron chi connectivity index (χ4n) is 1.58. The molecule has 1 amide bonds. The van der Waals surface area contributed by atoms with Gasteiger partial charge in [0.15, 0.2) is 0 Å². The number of carbonyl (C=O) groups excluding carboxylic acids is 1. The lowest BCUT2D eigenvalue weighted by atomic mass is 10.2. The van der Waals surface area contributed by atoms with Crippen LogP contribution in [0.3, 0.4) is 0 Å². The van der Waals surface area contributed by atoms with Crippen LogP contribution in [0.4, 0.5) is 0 Å². The minimum atomic E-state index is -4.02. The van der Waals surface area contributed by atoms with E-state index < -0.39 is 15.9 Å². The van der Waals surface area contributed by atoms with Gasteiger partial charge in [-0.05, 0) is 36.4 Å². The Morgan fingerprint density at radius 3 is 2.55 bits per heavy atom. The molecule has 0 atom stereocenters. The molecule has 3 N–H and O–H groups in total. The Kier molecular flexibility index (Phi) is 5.07. The Balaban J connectivity index is 2.14. The fourth-order valence-corrected chi connectivity index (χ4v) is 3.46. The number of carbonyl (C=O) groups is 1. The van der Waals surface area contributed by atoms with E-state index in [2.05, 4.69) is 15.9 Å². The van der Waals surface area contributed by atoms with E-state index in [1.54, 1.807) is 0 Å². The van der Waals surface area contributed by atoms with Crippen LogP contribution in [0.1, 0.15) is 10.4 Å². The molecule has 2 aromatic carbocycles. The molecule has 2 rings (SSSR count). The van der Waals surface area contributed by atoms with Crippen LogP contribution in [0.2, 0.25) is 5.02 Å². The first-order chi connectivity index (χ1) is 10.3. The van der Waals surface area contributed by atoms with Crippen molar-refractivity contribution < 1.29 is 18.3 Å². The normalized spacial score (nSPS) is 11.2. The third-order valence-corrected chi connectivity index (χ3v) is 4.81. The average molecular weight is 406 g/mol. The molecule has 0 aliphatic heterocycles. The molecular weight excluding hydrogens is 396 g/mol. The Morgan fingerprint density at radius 2 is 1.91 bits per heavy atom. The lowest BCUT2D eigenvalue weighted by molar-refractivity contribution is 0.0944. The Labute approximate surface area is 140 Å². The number of rotatable bonds is 4. The van der Waals surface area contributed by atoms with Crippen LogP contribution in [-0.4, -0.2) is 19.4 Å². The van der Waals surface area contributed by atoms with Gasteiger partial charge in [-0.15, -0.1) is 4.83 Å². The van der Waals surface area contributed by atoms with Crippen molar-refractivity contribution in [3.05, 3.63) is 57.5 Å². The van der Waals surface area contributed by atoms with Gasteiger partial charge < -0.3 is 5.11 Å². The monoisotopic (exact) mass is 404 g/mol. The predicted molar refractivity (Wildman–Crippen MR) is 85.0 cm³/mol. The Morgan fingerprint density at radius 1 is 1.18 bits per heavy atom. The van der Waals surface area contributed by atoms with Gasteiger partial charge in [-0.1, -0.05) is 33.6 Å². The zero-order chi connectivity index (χ0) is 16.3. The van der Waals surface area contributed by atoms with Crippen molar-refractivity contribution >= 4 is 43.5 Å². The number of phenols is 1. The lowest BCUT2D eigenvalue weighted by Gasteiger charge is -2.10. The molecule has 2 aromatic rings. The number of nitrogens with one attached hydrogen (secondary N) is 2. The number of phenolic OH excluding ortho intramolecular Hbond substituents is 1. The average Bonchev–Trinajstić information content (AvgIpc) is 2.44. The number of hydrogen-bond donors (Lipinski definition) is 3. The summed E-state index contributed by atoms with van der Waals surface area (Å²) < 4.78 is 24.8. The van der Waals surface area contributed by atoms with Gasteiger partial charge in [0, 0.05) is 10.0 Å². The minimum Gasteiger partial charge on any atom is -0.508 e. The second kappa shape index (κ2) is 6.66. The third-order valence-electron chi connectivity index (χ3n) is 2.59. The summed E-state index contributed by atoms with van der Waals surface area (Å²) in [6.07, 6.45) is 0. The molecule has 0 spiro atoms. The second-order valence-corrected chi connectivity index (χ2v) is 7.16. The van der Waals surface area contributed by atoms with E-state index >= 15 is 0 Å². The van der Waals surface area contributed by atoms with Crippen LogP contribution < -0.4 is 10.3 Å². The van der Waals surface area contributed by atoms with Crippen molar-refractivity contribution in [1.29, 1.82) is 0 Å². The van der Waals surface area contributed by atoms with Gasteiger partial charge in [0.1, 0.15) is 10.6 Å². The summed E-state index contributed by atoms with van der Waals surface area (Å²) in [5.74, 6) is -0.820.